The Morgan fingerprint density at radius 2 is 1.73 bits per heavy atom. The quantitative estimate of drug-likeness (QED) is 0.881. The smallest absolute Gasteiger partial charge is 0.337 e. The molecule has 0 aliphatic carbocycles. The highest BCUT2D eigenvalue weighted by Crippen LogP contribution is 2.29. The van der Waals surface area contributed by atoms with Gasteiger partial charge in [-0.3, -0.25) is 0 Å². The van der Waals surface area contributed by atoms with Gasteiger partial charge in [-0.2, -0.15) is 0 Å². The van der Waals surface area contributed by atoms with E-state index in [-0.39, 0.29) is 16.2 Å². The van der Waals surface area contributed by atoms with Crippen LogP contribution in [0.2, 0.25) is 0 Å². The molecular formula is C16H16O5S. The summed E-state index contributed by atoms with van der Waals surface area (Å²) in [6, 6.07) is 13.5. The first-order chi connectivity index (χ1) is 10.4. The van der Waals surface area contributed by atoms with Crippen LogP contribution >= 0.6 is 0 Å². The average molecular weight is 320 g/mol. The maximum absolute atomic E-state index is 12.2. The summed E-state index contributed by atoms with van der Waals surface area (Å²) < 4.78 is 24.5. The Morgan fingerprint density at radius 1 is 1.09 bits per heavy atom. The number of carboxylic acids is 1. The Hall–Kier alpha value is -2.18. The van der Waals surface area contributed by atoms with E-state index in [1.54, 1.807) is 6.07 Å². The molecule has 0 saturated carbocycles. The molecule has 2 aromatic rings. The molecular weight excluding hydrogens is 304 g/mol. The third kappa shape index (κ3) is 3.18. The van der Waals surface area contributed by atoms with Crippen molar-refractivity contribution in [2.24, 2.45) is 0 Å². The average Bonchev–Trinajstić information content (AvgIpc) is 2.54. The first kappa shape index (κ1) is 16.2. The van der Waals surface area contributed by atoms with E-state index in [9.17, 15) is 18.3 Å². The lowest BCUT2D eigenvalue weighted by Crippen LogP contribution is -2.16. The topological polar surface area (TPSA) is 91.7 Å². The number of benzene rings is 2. The summed E-state index contributed by atoms with van der Waals surface area (Å²) in [6.07, 6.45) is -1.87. The van der Waals surface area contributed by atoms with Crippen LogP contribution in [0.5, 0.6) is 0 Å². The zero-order valence-corrected chi connectivity index (χ0v) is 12.7. The fourth-order valence-corrected chi connectivity index (χ4v) is 3.28. The van der Waals surface area contributed by atoms with Crippen LogP contribution in [0.4, 0.5) is 0 Å². The van der Waals surface area contributed by atoms with E-state index in [0.717, 1.165) is 5.56 Å². The highest BCUT2D eigenvalue weighted by Gasteiger charge is 2.26. The summed E-state index contributed by atoms with van der Waals surface area (Å²) in [7, 11) is -3.66. The molecule has 1 unspecified atom stereocenters. The van der Waals surface area contributed by atoms with Crippen molar-refractivity contribution in [3.63, 3.8) is 0 Å². The molecule has 5 nitrogen and oxygen atoms in total. The van der Waals surface area contributed by atoms with E-state index in [4.69, 9.17) is 5.11 Å². The molecule has 2 N–H and O–H groups in total. The molecule has 0 bridgehead atoms. The summed E-state index contributed by atoms with van der Waals surface area (Å²) >= 11 is 0. The molecule has 0 heterocycles. The van der Waals surface area contributed by atoms with E-state index >= 15 is 0 Å². The number of aliphatic hydroxyl groups excluding tert-OH is 1. The molecule has 2 aromatic carbocycles. The van der Waals surface area contributed by atoms with Gasteiger partial charge in [0, 0.05) is 5.56 Å². The maximum atomic E-state index is 12.2. The standard InChI is InChI=1S/C16H16O5S/c1-2-22(20,21)14-10-12(11-6-4-3-5-7-11)8-9-13(14)15(17)16(18)19/h3-10,15,17H,2H2,1H3,(H,18,19). The van der Waals surface area contributed by atoms with Gasteiger partial charge in [0.1, 0.15) is 0 Å². The van der Waals surface area contributed by atoms with Crippen LogP contribution in [0, 0.1) is 0 Å². The van der Waals surface area contributed by atoms with Crippen molar-refractivity contribution in [1.82, 2.24) is 0 Å². The number of carboxylic acid groups (broad SMARTS) is 1. The second-order valence-electron chi connectivity index (χ2n) is 4.76. The first-order valence-corrected chi connectivity index (χ1v) is 8.35. The van der Waals surface area contributed by atoms with Gasteiger partial charge in [0.15, 0.2) is 15.9 Å². The lowest BCUT2D eigenvalue weighted by atomic mass is 10.0. The molecule has 22 heavy (non-hydrogen) atoms. The zero-order chi connectivity index (χ0) is 16.3. The predicted octanol–water partition coefficient (Wildman–Crippen LogP) is 2.27. The van der Waals surface area contributed by atoms with Gasteiger partial charge in [-0.05, 0) is 17.2 Å². The van der Waals surface area contributed by atoms with Crippen LogP contribution < -0.4 is 0 Å². The Bertz CT molecular complexity index is 781. The minimum Gasteiger partial charge on any atom is -0.479 e. The minimum absolute atomic E-state index is 0.117. The van der Waals surface area contributed by atoms with Gasteiger partial charge in [0.05, 0.1) is 10.6 Å². The molecule has 0 aliphatic heterocycles. The summed E-state index contributed by atoms with van der Waals surface area (Å²) in [5, 5.41) is 18.7. The maximum Gasteiger partial charge on any atom is 0.337 e. The molecule has 0 aromatic heterocycles. The molecule has 0 saturated heterocycles. The number of hydrogen-bond donors (Lipinski definition) is 2. The SMILES string of the molecule is CCS(=O)(=O)c1cc(-c2ccccc2)ccc1C(O)C(=O)O. The fourth-order valence-electron chi connectivity index (χ4n) is 2.13. The first-order valence-electron chi connectivity index (χ1n) is 6.70. The van der Waals surface area contributed by atoms with Gasteiger partial charge in [-0.1, -0.05) is 49.4 Å². The third-order valence-corrected chi connectivity index (χ3v) is 5.15. The predicted molar refractivity (Wildman–Crippen MR) is 82.2 cm³/mol. The summed E-state index contributed by atoms with van der Waals surface area (Å²) in [5.74, 6) is -1.66. The monoisotopic (exact) mass is 320 g/mol. The van der Waals surface area contributed by atoms with Crippen LogP contribution in [-0.4, -0.2) is 30.4 Å². The van der Waals surface area contributed by atoms with Crippen molar-refractivity contribution in [2.45, 2.75) is 17.9 Å². The van der Waals surface area contributed by atoms with Crippen molar-refractivity contribution in [1.29, 1.82) is 0 Å². The highest BCUT2D eigenvalue weighted by atomic mass is 32.2. The normalized spacial score (nSPS) is 12.8. The molecule has 0 aliphatic rings. The lowest BCUT2D eigenvalue weighted by molar-refractivity contribution is -0.147. The Labute approximate surface area is 128 Å². The number of aliphatic carboxylic acids is 1. The Balaban J connectivity index is 2.66. The third-order valence-electron chi connectivity index (χ3n) is 3.36. The zero-order valence-electron chi connectivity index (χ0n) is 11.9. The van der Waals surface area contributed by atoms with E-state index in [2.05, 4.69) is 0 Å². The lowest BCUT2D eigenvalue weighted by Gasteiger charge is -2.14. The van der Waals surface area contributed by atoms with Crippen molar-refractivity contribution >= 4 is 15.8 Å². The summed E-state index contributed by atoms with van der Waals surface area (Å²) in [4.78, 5) is 10.8. The van der Waals surface area contributed by atoms with Gasteiger partial charge in [-0.25, -0.2) is 13.2 Å². The van der Waals surface area contributed by atoms with Gasteiger partial charge in [0.25, 0.3) is 0 Å². The fraction of sp³-hybridized carbons (Fsp3) is 0.188. The van der Waals surface area contributed by atoms with E-state index in [0.29, 0.717) is 5.56 Å². The Morgan fingerprint density at radius 3 is 2.27 bits per heavy atom. The van der Waals surface area contributed by atoms with Crippen LogP contribution in [0.15, 0.2) is 53.4 Å². The van der Waals surface area contributed by atoms with E-state index < -0.39 is 21.9 Å². The molecule has 0 spiro atoms. The van der Waals surface area contributed by atoms with Crippen molar-refractivity contribution in [2.75, 3.05) is 5.75 Å². The van der Waals surface area contributed by atoms with E-state index in [1.807, 2.05) is 30.3 Å². The summed E-state index contributed by atoms with van der Waals surface area (Å²) in [5.41, 5.74) is 1.34. The number of rotatable bonds is 5. The minimum atomic E-state index is -3.66. The molecule has 1 atom stereocenters. The molecule has 0 fully saturated rings. The number of carbonyl (C=O) groups is 1. The number of aliphatic hydroxyl groups is 1. The summed E-state index contributed by atoms with van der Waals surface area (Å²) in [6.45, 7) is 1.47. The van der Waals surface area contributed by atoms with E-state index in [1.165, 1.54) is 19.1 Å². The van der Waals surface area contributed by atoms with Crippen LogP contribution in [0.25, 0.3) is 11.1 Å². The second-order valence-corrected chi connectivity index (χ2v) is 7.01. The number of hydrogen-bond acceptors (Lipinski definition) is 4. The van der Waals surface area contributed by atoms with Gasteiger partial charge in [-0.15, -0.1) is 0 Å². The Kier molecular flexibility index (Phi) is 4.63. The van der Waals surface area contributed by atoms with Gasteiger partial charge in [0.2, 0.25) is 0 Å². The molecule has 116 valence electrons. The molecule has 6 heteroatoms. The second kappa shape index (κ2) is 6.29. The molecule has 0 amide bonds. The largest absolute Gasteiger partial charge is 0.479 e. The van der Waals surface area contributed by atoms with Crippen molar-refractivity contribution in [3.8, 4) is 11.1 Å². The van der Waals surface area contributed by atoms with Gasteiger partial charge < -0.3 is 10.2 Å². The van der Waals surface area contributed by atoms with Crippen LogP contribution in [-0.2, 0) is 14.6 Å². The van der Waals surface area contributed by atoms with Crippen molar-refractivity contribution in [3.05, 3.63) is 54.1 Å². The highest BCUT2D eigenvalue weighted by molar-refractivity contribution is 7.91. The molecule has 0 radical (unpaired) electrons. The van der Waals surface area contributed by atoms with Gasteiger partial charge >= 0.3 is 5.97 Å². The van der Waals surface area contributed by atoms with Crippen LogP contribution in [0.3, 0.4) is 0 Å². The number of sulfone groups is 1. The van der Waals surface area contributed by atoms with Crippen molar-refractivity contribution < 1.29 is 23.4 Å². The molecule has 2 rings (SSSR count). The van der Waals surface area contributed by atoms with Crippen LogP contribution in [0.1, 0.15) is 18.6 Å².